The van der Waals surface area contributed by atoms with Gasteiger partial charge in [0.1, 0.15) is 11.6 Å². The lowest BCUT2D eigenvalue weighted by Crippen LogP contribution is -2.43. The van der Waals surface area contributed by atoms with Crippen molar-refractivity contribution in [3.8, 4) is 0 Å². The van der Waals surface area contributed by atoms with Crippen LogP contribution in [0, 0.1) is 5.82 Å². The molecule has 168 valence electrons. The maximum absolute atomic E-state index is 13.7. The first-order valence-corrected chi connectivity index (χ1v) is 10.1. The van der Waals surface area contributed by atoms with Crippen molar-refractivity contribution < 1.29 is 18.7 Å². The molecule has 0 unspecified atom stereocenters. The monoisotopic (exact) mass is 434 g/mol. The van der Waals surface area contributed by atoms with Gasteiger partial charge in [0.2, 0.25) is 0 Å². The molecule has 2 aromatic rings. The maximum Gasteiger partial charge on any atom is 0.330 e. The van der Waals surface area contributed by atoms with Gasteiger partial charge in [-0.3, -0.25) is 23.9 Å². The van der Waals surface area contributed by atoms with Gasteiger partial charge in [0, 0.05) is 13.1 Å². The highest BCUT2D eigenvalue weighted by molar-refractivity contribution is 5.97. The molecule has 0 saturated heterocycles. The van der Waals surface area contributed by atoms with Crippen LogP contribution < -0.4 is 21.9 Å². The molecule has 0 spiro atoms. The van der Waals surface area contributed by atoms with Gasteiger partial charge < -0.3 is 15.4 Å². The number of nitrogens with two attached hydrogens (primary N) is 1. The second-order valence-electron chi connectivity index (χ2n) is 6.97. The second kappa shape index (κ2) is 11.1. The number of carbonyl (C=O) groups is 2. The van der Waals surface area contributed by atoms with Crippen molar-refractivity contribution in [2.75, 3.05) is 23.8 Å². The van der Waals surface area contributed by atoms with Crippen LogP contribution in [0.4, 0.5) is 15.9 Å². The van der Waals surface area contributed by atoms with E-state index < -0.39 is 35.5 Å². The van der Waals surface area contributed by atoms with E-state index in [1.807, 2.05) is 13.8 Å². The molecule has 0 bridgehead atoms. The number of amides is 1. The van der Waals surface area contributed by atoms with E-state index in [2.05, 4.69) is 4.98 Å². The molecular formula is C21H27FN4O5. The van der Waals surface area contributed by atoms with Crippen LogP contribution in [0.1, 0.15) is 38.7 Å². The lowest BCUT2D eigenvalue weighted by Gasteiger charge is -2.24. The molecule has 0 atom stereocenters. The fraction of sp³-hybridized carbons (Fsp3) is 0.429. The number of nitrogens with zero attached hydrogens (tertiary/aromatic N) is 2. The number of ether oxygens (including phenoxy) is 1. The molecule has 0 aliphatic rings. The largest absolute Gasteiger partial charge is 0.455 e. The lowest BCUT2D eigenvalue weighted by molar-refractivity contribution is -0.147. The van der Waals surface area contributed by atoms with Crippen LogP contribution in [0.5, 0.6) is 0 Å². The summed E-state index contributed by atoms with van der Waals surface area (Å²) >= 11 is 0. The standard InChI is InChI=1S/C21H27FN4O5/c1-3-5-11-25(18-19(23)26(10-4-2)21(30)24-20(18)29)16(27)13-31-17(28)12-14-8-6-7-9-15(14)22/h6-9H,3-5,10-13,23H2,1-2H3,(H,24,29,30). The van der Waals surface area contributed by atoms with Gasteiger partial charge in [0.25, 0.3) is 11.5 Å². The van der Waals surface area contributed by atoms with Gasteiger partial charge >= 0.3 is 11.7 Å². The summed E-state index contributed by atoms with van der Waals surface area (Å²) in [5.74, 6) is -2.13. The molecule has 2 rings (SSSR count). The highest BCUT2D eigenvalue weighted by Crippen LogP contribution is 2.18. The number of benzene rings is 1. The Morgan fingerprint density at radius 3 is 2.55 bits per heavy atom. The summed E-state index contributed by atoms with van der Waals surface area (Å²) in [5, 5.41) is 0. The van der Waals surface area contributed by atoms with E-state index in [1.54, 1.807) is 6.07 Å². The minimum absolute atomic E-state index is 0.127. The van der Waals surface area contributed by atoms with Crippen LogP contribution in [0.2, 0.25) is 0 Å². The Balaban J connectivity index is 2.22. The molecule has 9 nitrogen and oxygen atoms in total. The summed E-state index contributed by atoms with van der Waals surface area (Å²) in [6, 6.07) is 5.76. The normalized spacial score (nSPS) is 10.7. The second-order valence-corrected chi connectivity index (χ2v) is 6.97. The summed E-state index contributed by atoms with van der Waals surface area (Å²) in [6.45, 7) is 3.51. The number of nitrogen functional groups attached to an aromatic ring is 1. The molecule has 1 heterocycles. The van der Waals surface area contributed by atoms with Crippen molar-refractivity contribution in [3.63, 3.8) is 0 Å². The maximum atomic E-state index is 13.7. The zero-order chi connectivity index (χ0) is 23.0. The van der Waals surface area contributed by atoms with Crippen molar-refractivity contribution >= 4 is 23.4 Å². The van der Waals surface area contributed by atoms with E-state index in [0.29, 0.717) is 12.8 Å². The van der Waals surface area contributed by atoms with Gasteiger partial charge in [-0.1, -0.05) is 38.5 Å². The van der Waals surface area contributed by atoms with Gasteiger partial charge in [-0.05, 0) is 24.5 Å². The average molecular weight is 434 g/mol. The number of nitrogens with one attached hydrogen (secondary N) is 1. The molecule has 1 amide bonds. The number of hydrogen-bond donors (Lipinski definition) is 2. The van der Waals surface area contributed by atoms with Crippen LogP contribution in [0.3, 0.4) is 0 Å². The number of aromatic amines is 1. The molecule has 1 aromatic carbocycles. The average Bonchev–Trinajstić information content (AvgIpc) is 2.73. The Labute approximate surface area is 178 Å². The van der Waals surface area contributed by atoms with Gasteiger partial charge in [-0.2, -0.15) is 0 Å². The van der Waals surface area contributed by atoms with Crippen LogP contribution in [0.15, 0.2) is 33.9 Å². The van der Waals surface area contributed by atoms with Crippen LogP contribution >= 0.6 is 0 Å². The third-order valence-electron chi connectivity index (χ3n) is 4.62. The summed E-state index contributed by atoms with van der Waals surface area (Å²) < 4.78 is 19.9. The Hall–Kier alpha value is -3.43. The molecule has 10 heteroatoms. The molecule has 0 aliphatic carbocycles. The minimum atomic E-state index is -0.794. The number of aromatic nitrogens is 2. The number of carbonyl (C=O) groups excluding carboxylic acids is 2. The molecule has 1 aromatic heterocycles. The summed E-state index contributed by atoms with van der Waals surface area (Å²) in [7, 11) is 0. The zero-order valence-electron chi connectivity index (χ0n) is 17.7. The highest BCUT2D eigenvalue weighted by atomic mass is 19.1. The first-order chi connectivity index (χ1) is 14.8. The van der Waals surface area contributed by atoms with E-state index >= 15 is 0 Å². The summed E-state index contributed by atoms with van der Waals surface area (Å²) in [5.41, 5.74) is 4.59. The highest BCUT2D eigenvalue weighted by Gasteiger charge is 2.25. The third-order valence-corrected chi connectivity index (χ3v) is 4.62. The number of halogens is 1. The lowest BCUT2D eigenvalue weighted by atomic mass is 10.1. The predicted molar refractivity (Wildman–Crippen MR) is 114 cm³/mol. The Kier molecular flexibility index (Phi) is 8.53. The molecule has 0 fully saturated rings. The van der Waals surface area contributed by atoms with E-state index in [-0.39, 0.29) is 36.6 Å². The van der Waals surface area contributed by atoms with E-state index in [1.165, 1.54) is 22.8 Å². The van der Waals surface area contributed by atoms with Gasteiger partial charge in [0.15, 0.2) is 12.3 Å². The zero-order valence-corrected chi connectivity index (χ0v) is 17.7. The number of H-pyrrole nitrogens is 1. The minimum Gasteiger partial charge on any atom is -0.455 e. The Bertz CT molecular complexity index is 1050. The van der Waals surface area contributed by atoms with Crippen molar-refractivity contribution in [2.24, 2.45) is 0 Å². The van der Waals surface area contributed by atoms with Crippen molar-refractivity contribution in [1.82, 2.24) is 9.55 Å². The quantitative estimate of drug-likeness (QED) is 0.547. The third kappa shape index (κ3) is 6.03. The molecule has 0 saturated carbocycles. The van der Waals surface area contributed by atoms with Crippen LogP contribution in [0.25, 0.3) is 0 Å². The number of anilines is 2. The van der Waals surface area contributed by atoms with Gasteiger partial charge in [0.05, 0.1) is 6.42 Å². The number of unbranched alkanes of at least 4 members (excludes halogenated alkanes) is 1. The number of esters is 1. The molecule has 0 radical (unpaired) electrons. The Morgan fingerprint density at radius 2 is 1.90 bits per heavy atom. The smallest absolute Gasteiger partial charge is 0.330 e. The Morgan fingerprint density at radius 1 is 1.19 bits per heavy atom. The summed E-state index contributed by atoms with van der Waals surface area (Å²) in [6.07, 6.45) is 1.54. The van der Waals surface area contributed by atoms with E-state index in [9.17, 15) is 23.6 Å². The SMILES string of the molecule is CCCCN(C(=O)COC(=O)Cc1ccccc1F)c1c(N)n(CCC)c(=O)[nH]c1=O. The topological polar surface area (TPSA) is 127 Å². The number of rotatable bonds is 10. The summed E-state index contributed by atoms with van der Waals surface area (Å²) in [4.78, 5) is 52.7. The van der Waals surface area contributed by atoms with Crippen molar-refractivity contribution in [3.05, 3.63) is 56.5 Å². The molecular weight excluding hydrogens is 407 g/mol. The molecule has 0 aliphatic heterocycles. The fourth-order valence-corrected chi connectivity index (χ4v) is 3.03. The molecule has 3 N–H and O–H groups in total. The van der Waals surface area contributed by atoms with Crippen LogP contribution in [-0.4, -0.2) is 34.6 Å². The molecule has 31 heavy (non-hydrogen) atoms. The number of hydrogen-bond acceptors (Lipinski definition) is 6. The van der Waals surface area contributed by atoms with Crippen molar-refractivity contribution in [2.45, 2.75) is 46.1 Å². The van der Waals surface area contributed by atoms with Crippen molar-refractivity contribution in [1.29, 1.82) is 0 Å². The van der Waals surface area contributed by atoms with E-state index in [0.717, 1.165) is 11.3 Å². The first kappa shape index (κ1) is 23.8. The first-order valence-electron chi connectivity index (χ1n) is 10.1. The van der Waals surface area contributed by atoms with Crippen LogP contribution in [-0.2, 0) is 27.3 Å². The predicted octanol–water partition coefficient (Wildman–Crippen LogP) is 1.59. The van der Waals surface area contributed by atoms with E-state index in [4.69, 9.17) is 10.5 Å². The fourth-order valence-electron chi connectivity index (χ4n) is 3.03. The van der Waals surface area contributed by atoms with Gasteiger partial charge in [-0.25, -0.2) is 9.18 Å². The van der Waals surface area contributed by atoms with Gasteiger partial charge in [-0.15, -0.1) is 0 Å².